The summed E-state index contributed by atoms with van der Waals surface area (Å²) < 4.78 is 1.74. The van der Waals surface area contributed by atoms with Gasteiger partial charge in [-0.2, -0.15) is 16.4 Å². The fraction of sp³-hybridized carbons (Fsp3) is 0.500. The zero-order chi connectivity index (χ0) is 15.5. The number of hydrogen-bond acceptors (Lipinski definition) is 4. The molecule has 0 saturated carbocycles. The van der Waals surface area contributed by atoms with E-state index in [-0.39, 0.29) is 5.91 Å². The zero-order valence-corrected chi connectivity index (χ0v) is 13.9. The van der Waals surface area contributed by atoms with Crippen molar-refractivity contribution in [3.05, 3.63) is 40.3 Å². The van der Waals surface area contributed by atoms with Crippen molar-refractivity contribution >= 4 is 17.2 Å². The Kier molecular flexibility index (Phi) is 4.59. The van der Waals surface area contributed by atoms with Crippen molar-refractivity contribution in [3.63, 3.8) is 0 Å². The van der Waals surface area contributed by atoms with Crippen LogP contribution in [0.3, 0.4) is 0 Å². The van der Waals surface area contributed by atoms with E-state index in [1.165, 1.54) is 5.56 Å². The summed E-state index contributed by atoms with van der Waals surface area (Å²) in [6, 6.07) is 4.53. The molecule has 0 aromatic carbocycles. The Morgan fingerprint density at radius 2 is 2.09 bits per heavy atom. The van der Waals surface area contributed by atoms with E-state index in [9.17, 15) is 4.79 Å². The number of carbonyl (C=O) groups is 1. The summed E-state index contributed by atoms with van der Waals surface area (Å²) in [5.41, 5.74) is 2.22. The standard InChI is InChI=1S/C16H22N4OS/c1-13(14-4-10-22-12-14)19-6-8-20(9-7-19)16(21)11-15-3-5-18(2)17-15/h3-5,10,12-13H,6-9,11H2,1-2H3/t13-/m1/s1. The molecule has 1 aliphatic rings. The molecular formula is C16H22N4OS. The van der Waals surface area contributed by atoms with Gasteiger partial charge in [-0.3, -0.25) is 14.4 Å². The van der Waals surface area contributed by atoms with E-state index in [4.69, 9.17) is 0 Å². The van der Waals surface area contributed by atoms with E-state index >= 15 is 0 Å². The Bertz CT molecular complexity index is 614. The Balaban J connectivity index is 1.52. The summed E-state index contributed by atoms with van der Waals surface area (Å²) in [4.78, 5) is 16.8. The lowest BCUT2D eigenvalue weighted by Gasteiger charge is -2.38. The first-order valence-corrected chi connectivity index (χ1v) is 8.60. The number of aromatic nitrogens is 2. The van der Waals surface area contributed by atoms with Crippen LogP contribution in [0.1, 0.15) is 24.2 Å². The van der Waals surface area contributed by atoms with E-state index in [1.54, 1.807) is 16.0 Å². The number of thiophene rings is 1. The van der Waals surface area contributed by atoms with Gasteiger partial charge in [-0.05, 0) is 35.4 Å². The molecule has 0 bridgehead atoms. The van der Waals surface area contributed by atoms with Crippen molar-refractivity contribution < 1.29 is 4.79 Å². The maximum absolute atomic E-state index is 12.3. The van der Waals surface area contributed by atoms with Gasteiger partial charge < -0.3 is 4.90 Å². The summed E-state index contributed by atoms with van der Waals surface area (Å²) in [6.07, 6.45) is 2.28. The molecule has 3 rings (SSSR count). The van der Waals surface area contributed by atoms with E-state index < -0.39 is 0 Å². The summed E-state index contributed by atoms with van der Waals surface area (Å²) in [7, 11) is 1.87. The third kappa shape index (κ3) is 3.39. The molecule has 1 saturated heterocycles. The van der Waals surface area contributed by atoms with Crippen LogP contribution in [-0.2, 0) is 18.3 Å². The van der Waals surface area contributed by atoms with Crippen molar-refractivity contribution in [1.82, 2.24) is 19.6 Å². The molecule has 0 radical (unpaired) electrons. The summed E-state index contributed by atoms with van der Waals surface area (Å²) in [6.45, 7) is 5.73. The maximum atomic E-state index is 12.3. The number of rotatable bonds is 4. The second-order valence-electron chi connectivity index (χ2n) is 5.81. The molecule has 1 amide bonds. The molecule has 0 N–H and O–H groups in total. The zero-order valence-electron chi connectivity index (χ0n) is 13.1. The van der Waals surface area contributed by atoms with Crippen molar-refractivity contribution in [2.45, 2.75) is 19.4 Å². The highest BCUT2D eigenvalue weighted by molar-refractivity contribution is 7.07. The lowest BCUT2D eigenvalue weighted by molar-refractivity contribution is -0.132. The molecule has 0 unspecified atom stereocenters. The molecule has 1 aliphatic heterocycles. The summed E-state index contributed by atoms with van der Waals surface area (Å²) in [5.74, 6) is 0.182. The number of nitrogens with zero attached hydrogens (tertiary/aromatic N) is 4. The molecule has 5 nitrogen and oxygen atoms in total. The highest BCUT2D eigenvalue weighted by Crippen LogP contribution is 2.23. The first kappa shape index (κ1) is 15.2. The Labute approximate surface area is 135 Å². The largest absolute Gasteiger partial charge is 0.340 e. The normalized spacial score (nSPS) is 17.6. The molecule has 1 atom stereocenters. The van der Waals surface area contributed by atoms with Crippen LogP contribution in [0.15, 0.2) is 29.1 Å². The topological polar surface area (TPSA) is 41.4 Å². The minimum atomic E-state index is 0.182. The van der Waals surface area contributed by atoms with Gasteiger partial charge in [0.2, 0.25) is 5.91 Å². The second-order valence-corrected chi connectivity index (χ2v) is 6.59. The number of hydrogen-bond donors (Lipinski definition) is 0. The van der Waals surface area contributed by atoms with Crippen molar-refractivity contribution in [2.75, 3.05) is 26.2 Å². The van der Waals surface area contributed by atoms with Crippen LogP contribution in [0.2, 0.25) is 0 Å². The van der Waals surface area contributed by atoms with E-state index in [1.807, 2.05) is 24.2 Å². The van der Waals surface area contributed by atoms with Gasteiger partial charge in [0.05, 0.1) is 12.1 Å². The molecule has 118 valence electrons. The van der Waals surface area contributed by atoms with E-state index in [0.717, 1.165) is 31.9 Å². The van der Waals surface area contributed by atoms with Crippen molar-refractivity contribution in [3.8, 4) is 0 Å². The Morgan fingerprint density at radius 1 is 1.32 bits per heavy atom. The first-order valence-electron chi connectivity index (χ1n) is 7.66. The van der Waals surface area contributed by atoms with Crippen LogP contribution in [0.4, 0.5) is 0 Å². The maximum Gasteiger partial charge on any atom is 0.228 e. The molecule has 2 aromatic heterocycles. The van der Waals surface area contributed by atoms with Gasteiger partial charge in [0.1, 0.15) is 0 Å². The second kappa shape index (κ2) is 6.62. The van der Waals surface area contributed by atoms with Gasteiger partial charge in [-0.15, -0.1) is 0 Å². The summed E-state index contributed by atoms with van der Waals surface area (Å²) >= 11 is 1.74. The van der Waals surface area contributed by atoms with Crippen LogP contribution in [0, 0.1) is 0 Å². The lowest BCUT2D eigenvalue weighted by Crippen LogP contribution is -2.49. The first-order chi connectivity index (χ1) is 10.6. The number of amides is 1. The molecule has 6 heteroatoms. The van der Waals surface area contributed by atoms with Crippen LogP contribution < -0.4 is 0 Å². The Hall–Kier alpha value is -1.66. The number of carbonyl (C=O) groups excluding carboxylic acids is 1. The average molecular weight is 318 g/mol. The highest BCUT2D eigenvalue weighted by Gasteiger charge is 2.25. The fourth-order valence-corrected chi connectivity index (χ4v) is 3.65. The molecule has 0 aliphatic carbocycles. The summed E-state index contributed by atoms with van der Waals surface area (Å²) in [5, 5.41) is 8.62. The molecule has 2 aromatic rings. The smallest absolute Gasteiger partial charge is 0.228 e. The third-order valence-electron chi connectivity index (χ3n) is 4.34. The monoisotopic (exact) mass is 318 g/mol. The van der Waals surface area contributed by atoms with Gasteiger partial charge in [0.25, 0.3) is 0 Å². The van der Waals surface area contributed by atoms with E-state index in [0.29, 0.717) is 12.5 Å². The third-order valence-corrected chi connectivity index (χ3v) is 5.04. The van der Waals surface area contributed by atoms with Gasteiger partial charge in [-0.1, -0.05) is 0 Å². The van der Waals surface area contributed by atoms with Gasteiger partial charge in [0, 0.05) is 45.5 Å². The van der Waals surface area contributed by atoms with Crippen LogP contribution in [0.25, 0.3) is 0 Å². The minimum Gasteiger partial charge on any atom is -0.340 e. The lowest BCUT2D eigenvalue weighted by atomic mass is 10.1. The molecule has 3 heterocycles. The molecule has 22 heavy (non-hydrogen) atoms. The van der Waals surface area contributed by atoms with Crippen LogP contribution in [0.5, 0.6) is 0 Å². The van der Waals surface area contributed by atoms with Crippen molar-refractivity contribution in [1.29, 1.82) is 0 Å². The van der Waals surface area contributed by atoms with Crippen molar-refractivity contribution in [2.24, 2.45) is 7.05 Å². The molecular weight excluding hydrogens is 296 g/mol. The van der Waals surface area contributed by atoms with Crippen LogP contribution in [-0.4, -0.2) is 51.7 Å². The average Bonchev–Trinajstić information content (AvgIpc) is 3.18. The van der Waals surface area contributed by atoms with Gasteiger partial charge in [0.15, 0.2) is 0 Å². The predicted molar refractivity (Wildman–Crippen MR) is 87.8 cm³/mol. The van der Waals surface area contributed by atoms with Gasteiger partial charge in [-0.25, -0.2) is 0 Å². The number of piperazine rings is 1. The highest BCUT2D eigenvalue weighted by atomic mass is 32.1. The predicted octanol–water partition coefficient (Wildman–Crippen LogP) is 1.93. The SMILES string of the molecule is C[C@H](c1ccsc1)N1CCN(C(=O)Cc2ccn(C)n2)CC1. The number of aryl methyl sites for hydroxylation is 1. The fourth-order valence-electron chi connectivity index (χ4n) is 2.91. The van der Waals surface area contributed by atoms with Crippen LogP contribution >= 0.6 is 11.3 Å². The van der Waals surface area contributed by atoms with E-state index in [2.05, 4.69) is 33.7 Å². The quantitative estimate of drug-likeness (QED) is 0.865. The minimum absolute atomic E-state index is 0.182. The Morgan fingerprint density at radius 3 is 2.68 bits per heavy atom. The van der Waals surface area contributed by atoms with Gasteiger partial charge >= 0.3 is 0 Å². The molecule has 1 fully saturated rings. The molecule has 0 spiro atoms.